The van der Waals surface area contributed by atoms with Crippen LogP contribution in [0.15, 0.2) is 33.7 Å². The van der Waals surface area contributed by atoms with Gasteiger partial charge in [0, 0.05) is 21.6 Å². The standard InChI is InChI=1S/C6H4BrNO.C6H12BrN/c7-5-2-1-3-8-6(9)4-5;7-6-2-1-4-8-5-3-6/h1-4H;6,8H,1-5H2. The Bertz CT molecular complexity index is 379. The maximum atomic E-state index is 10.5. The van der Waals surface area contributed by atoms with E-state index in [2.05, 4.69) is 42.2 Å². The Morgan fingerprint density at radius 1 is 1.35 bits per heavy atom. The second-order valence-electron chi connectivity index (χ2n) is 3.78. The van der Waals surface area contributed by atoms with E-state index in [1.807, 2.05) is 0 Å². The largest absolute Gasteiger partial charge is 0.317 e. The van der Waals surface area contributed by atoms with Gasteiger partial charge in [-0.2, -0.15) is 0 Å². The highest BCUT2D eigenvalue weighted by Crippen LogP contribution is 2.12. The summed E-state index contributed by atoms with van der Waals surface area (Å²) in [4.78, 5) is 14.8. The molecule has 0 aromatic carbocycles. The van der Waals surface area contributed by atoms with E-state index in [0.29, 0.717) is 0 Å². The average Bonchev–Trinajstić information content (AvgIpc) is 2.62. The summed E-state index contributed by atoms with van der Waals surface area (Å²) in [7, 11) is 0. The highest BCUT2D eigenvalue weighted by atomic mass is 79.9. The molecule has 1 saturated heterocycles. The summed E-state index contributed by atoms with van der Waals surface area (Å²) in [5.41, 5.74) is -0.230. The number of rotatable bonds is 0. The number of hydrogen-bond acceptors (Lipinski definition) is 3. The lowest BCUT2D eigenvalue weighted by Gasteiger charge is -2.00. The first kappa shape index (κ1) is 14.8. The van der Waals surface area contributed by atoms with Gasteiger partial charge in [0.1, 0.15) is 0 Å². The molecule has 5 heteroatoms. The van der Waals surface area contributed by atoms with Crippen molar-refractivity contribution in [2.75, 3.05) is 13.1 Å². The van der Waals surface area contributed by atoms with Gasteiger partial charge in [-0.15, -0.1) is 0 Å². The molecule has 1 unspecified atom stereocenters. The molecule has 17 heavy (non-hydrogen) atoms. The lowest BCUT2D eigenvalue weighted by Crippen LogP contribution is -2.13. The van der Waals surface area contributed by atoms with Gasteiger partial charge in [0.25, 0.3) is 5.56 Å². The van der Waals surface area contributed by atoms with Gasteiger partial charge in [0.05, 0.1) is 0 Å². The van der Waals surface area contributed by atoms with Gasteiger partial charge in [-0.05, 0) is 44.5 Å². The molecular weight excluding hydrogens is 348 g/mol. The molecule has 3 nitrogen and oxygen atoms in total. The third-order valence-corrected chi connectivity index (χ3v) is 3.72. The third-order valence-electron chi connectivity index (χ3n) is 2.31. The zero-order chi connectivity index (χ0) is 12.5. The molecule has 1 N–H and O–H groups in total. The van der Waals surface area contributed by atoms with Crippen molar-refractivity contribution >= 4 is 31.9 Å². The Kier molecular flexibility index (Phi) is 7.64. The van der Waals surface area contributed by atoms with Gasteiger partial charge in [-0.1, -0.05) is 31.9 Å². The summed E-state index contributed by atoms with van der Waals surface area (Å²) >= 11 is 6.75. The molecule has 2 heterocycles. The fraction of sp³-hybridized carbons (Fsp3) is 0.500. The fourth-order valence-corrected chi connectivity index (χ4v) is 2.33. The molecule has 1 fully saturated rings. The van der Waals surface area contributed by atoms with Crippen LogP contribution in [0.25, 0.3) is 0 Å². The molecule has 1 aromatic rings. The smallest absolute Gasteiger partial charge is 0.270 e. The first-order chi connectivity index (χ1) is 8.18. The zero-order valence-corrected chi connectivity index (χ0v) is 12.7. The maximum Gasteiger partial charge on any atom is 0.270 e. The van der Waals surface area contributed by atoms with Crippen molar-refractivity contribution in [1.82, 2.24) is 10.3 Å². The van der Waals surface area contributed by atoms with Crippen molar-refractivity contribution in [3.63, 3.8) is 0 Å². The van der Waals surface area contributed by atoms with Crippen molar-refractivity contribution in [1.29, 1.82) is 0 Å². The molecule has 0 spiro atoms. The van der Waals surface area contributed by atoms with E-state index in [-0.39, 0.29) is 5.56 Å². The van der Waals surface area contributed by atoms with Crippen LogP contribution in [-0.4, -0.2) is 22.9 Å². The van der Waals surface area contributed by atoms with Crippen LogP contribution in [0.5, 0.6) is 0 Å². The monoisotopic (exact) mass is 362 g/mol. The molecule has 1 aliphatic heterocycles. The molecule has 0 bridgehead atoms. The van der Waals surface area contributed by atoms with Crippen molar-refractivity contribution in [2.45, 2.75) is 24.1 Å². The minimum atomic E-state index is -0.230. The maximum absolute atomic E-state index is 10.5. The lowest BCUT2D eigenvalue weighted by atomic mass is 10.2. The van der Waals surface area contributed by atoms with Gasteiger partial charge in [-0.25, -0.2) is 4.98 Å². The van der Waals surface area contributed by atoms with Crippen molar-refractivity contribution < 1.29 is 0 Å². The fourth-order valence-electron chi connectivity index (χ4n) is 1.43. The van der Waals surface area contributed by atoms with Gasteiger partial charge < -0.3 is 5.32 Å². The third kappa shape index (κ3) is 7.63. The first-order valence-corrected chi connectivity index (χ1v) is 7.36. The van der Waals surface area contributed by atoms with E-state index in [9.17, 15) is 4.79 Å². The molecule has 0 aliphatic carbocycles. The highest BCUT2D eigenvalue weighted by Gasteiger charge is 2.05. The number of nitrogens with zero attached hydrogens (tertiary/aromatic N) is 1. The van der Waals surface area contributed by atoms with E-state index >= 15 is 0 Å². The van der Waals surface area contributed by atoms with Gasteiger partial charge in [0.2, 0.25) is 0 Å². The molecule has 2 rings (SSSR count). The minimum Gasteiger partial charge on any atom is -0.317 e. The van der Waals surface area contributed by atoms with Crippen molar-refractivity contribution in [3.8, 4) is 0 Å². The SMILES string of the molecule is BrC1CCCNCC1.O=c1cc(Br)cccn1. The summed E-state index contributed by atoms with van der Waals surface area (Å²) < 4.78 is 0.755. The number of nitrogens with one attached hydrogen (secondary N) is 1. The Hall–Kier alpha value is -0.260. The molecule has 1 aromatic heterocycles. The molecule has 0 radical (unpaired) electrons. The number of halogens is 2. The van der Waals surface area contributed by atoms with E-state index in [4.69, 9.17) is 0 Å². The van der Waals surface area contributed by atoms with Crippen LogP contribution in [0.3, 0.4) is 0 Å². The number of hydrogen-bond donors (Lipinski definition) is 1. The lowest BCUT2D eigenvalue weighted by molar-refractivity contribution is 0.703. The average molecular weight is 364 g/mol. The first-order valence-electron chi connectivity index (χ1n) is 5.65. The predicted octanol–water partition coefficient (Wildman–Crippen LogP) is 2.73. The Morgan fingerprint density at radius 2 is 2.18 bits per heavy atom. The Balaban J connectivity index is 0.000000171. The van der Waals surface area contributed by atoms with Crippen molar-refractivity contribution in [3.05, 3.63) is 39.2 Å². The van der Waals surface area contributed by atoms with E-state index < -0.39 is 0 Å². The van der Waals surface area contributed by atoms with Crippen LogP contribution in [0, 0.1) is 0 Å². The van der Waals surface area contributed by atoms with Gasteiger partial charge >= 0.3 is 0 Å². The summed E-state index contributed by atoms with van der Waals surface area (Å²) in [6.45, 7) is 2.40. The molecule has 1 aliphatic rings. The second kappa shape index (κ2) is 8.78. The van der Waals surface area contributed by atoms with Crippen LogP contribution < -0.4 is 10.9 Å². The van der Waals surface area contributed by atoms with Gasteiger partial charge in [0.15, 0.2) is 0 Å². The number of aromatic nitrogens is 1. The minimum absolute atomic E-state index is 0.230. The summed E-state index contributed by atoms with van der Waals surface area (Å²) in [6, 6.07) is 4.87. The van der Waals surface area contributed by atoms with E-state index in [0.717, 1.165) is 9.30 Å². The predicted molar refractivity (Wildman–Crippen MR) is 77.6 cm³/mol. The van der Waals surface area contributed by atoms with Crippen LogP contribution >= 0.6 is 31.9 Å². The van der Waals surface area contributed by atoms with Gasteiger partial charge in [-0.3, -0.25) is 4.79 Å². The Labute approximate surface area is 118 Å². The van der Waals surface area contributed by atoms with E-state index in [1.54, 1.807) is 12.1 Å². The quantitative estimate of drug-likeness (QED) is 0.720. The van der Waals surface area contributed by atoms with E-state index in [1.165, 1.54) is 44.6 Å². The summed E-state index contributed by atoms with van der Waals surface area (Å²) in [6.07, 6.45) is 5.43. The normalized spacial score (nSPS) is 19.8. The van der Waals surface area contributed by atoms with Crippen LogP contribution in [0.4, 0.5) is 0 Å². The molecular formula is C12H16Br2N2O. The van der Waals surface area contributed by atoms with Crippen LogP contribution in [-0.2, 0) is 0 Å². The number of alkyl halides is 1. The molecule has 0 amide bonds. The zero-order valence-electron chi connectivity index (χ0n) is 9.53. The topological polar surface area (TPSA) is 42.0 Å². The summed E-state index contributed by atoms with van der Waals surface area (Å²) in [5, 5.41) is 3.35. The summed E-state index contributed by atoms with van der Waals surface area (Å²) in [5.74, 6) is 0. The highest BCUT2D eigenvalue weighted by molar-refractivity contribution is 9.10. The second-order valence-corrected chi connectivity index (χ2v) is 5.99. The van der Waals surface area contributed by atoms with Crippen LogP contribution in [0.2, 0.25) is 0 Å². The van der Waals surface area contributed by atoms with Crippen molar-refractivity contribution in [2.24, 2.45) is 0 Å². The molecule has 0 saturated carbocycles. The van der Waals surface area contributed by atoms with Crippen LogP contribution in [0.1, 0.15) is 19.3 Å². The Morgan fingerprint density at radius 3 is 3.00 bits per heavy atom. The molecule has 94 valence electrons. The molecule has 1 atom stereocenters.